The van der Waals surface area contributed by atoms with Crippen molar-refractivity contribution in [2.24, 2.45) is 0 Å². The number of rotatable bonds is 3. The van der Waals surface area contributed by atoms with Crippen LogP contribution in [0.1, 0.15) is 42.9 Å². The lowest BCUT2D eigenvalue weighted by atomic mass is 10.1. The summed E-state index contributed by atoms with van der Waals surface area (Å²) < 4.78 is 5.91. The molecule has 2 aliphatic carbocycles. The molecule has 3 atom stereocenters. The molecule has 2 aliphatic rings. The summed E-state index contributed by atoms with van der Waals surface area (Å²) in [5.74, 6) is 0.913. The van der Waals surface area contributed by atoms with Crippen molar-refractivity contribution in [1.29, 1.82) is 0 Å². The lowest BCUT2D eigenvalue weighted by Gasteiger charge is -2.18. The van der Waals surface area contributed by atoms with Crippen LogP contribution in [0, 0.1) is 0 Å². The summed E-state index contributed by atoms with van der Waals surface area (Å²) in [5.41, 5.74) is 2.79. The van der Waals surface area contributed by atoms with Crippen LogP contribution in [0.25, 0.3) is 0 Å². The molecule has 3 rings (SSSR count). The SMILES string of the molecule is CNC1CCc2cc(OC3CCCC3O)ccc21. The zero-order valence-corrected chi connectivity index (χ0v) is 10.9. The Labute approximate surface area is 108 Å². The van der Waals surface area contributed by atoms with Crippen LogP contribution in [0.5, 0.6) is 5.75 Å². The number of aliphatic hydroxyl groups excluding tert-OH is 1. The van der Waals surface area contributed by atoms with Crippen LogP contribution >= 0.6 is 0 Å². The molecule has 3 nitrogen and oxygen atoms in total. The number of fused-ring (bicyclic) bond motifs is 1. The molecule has 1 aromatic rings. The van der Waals surface area contributed by atoms with Crippen molar-refractivity contribution >= 4 is 0 Å². The molecule has 0 spiro atoms. The van der Waals surface area contributed by atoms with E-state index >= 15 is 0 Å². The van der Waals surface area contributed by atoms with Gasteiger partial charge in [-0.25, -0.2) is 0 Å². The van der Waals surface area contributed by atoms with Gasteiger partial charge >= 0.3 is 0 Å². The number of benzene rings is 1. The molecule has 1 fully saturated rings. The van der Waals surface area contributed by atoms with Gasteiger partial charge in [0.1, 0.15) is 11.9 Å². The van der Waals surface area contributed by atoms with Crippen LogP contribution in [0.3, 0.4) is 0 Å². The van der Waals surface area contributed by atoms with E-state index in [2.05, 4.69) is 17.4 Å². The van der Waals surface area contributed by atoms with Gasteiger partial charge in [0.05, 0.1) is 6.10 Å². The third kappa shape index (κ3) is 2.13. The van der Waals surface area contributed by atoms with Gasteiger partial charge in [-0.2, -0.15) is 0 Å². The highest BCUT2D eigenvalue weighted by atomic mass is 16.5. The van der Waals surface area contributed by atoms with Crippen LogP contribution in [0.2, 0.25) is 0 Å². The molecule has 3 heteroatoms. The third-order valence-electron chi connectivity index (χ3n) is 4.25. The Balaban J connectivity index is 1.75. The van der Waals surface area contributed by atoms with Crippen LogP contribution in [-0.4, -0.2) is 24.4 Å². The summed E-state index contributed by atoms with van der Waals surface area (Å²) in [6, 6.07) is 6.85. The number of hydrogen-bond acceptors (Lipinski definition) is 3. The molecular weight excluding hydrogens is 226 g/mol. The quantitative estimate of drug-likeness (QED) is 0.860. The van der Waals surface area contributed by atoms with Crippen LogP contribution in [0.15, 0.2) is 18.2 Å². The van der Waals surface area contributed by atoms with Gasteiger partial charge in [-0.05, 0) is 62.4 Å². The van der Waals surface area contributed by atoms with Gasteiger partial charge in [-0.15, -0.1) is 0 Å². The lowest BCUT2D eigenvalue weighted by Crippen LogP contribution is -2.25. The minimum Gasteiger partial charge on any atom is -0.488 e. The Morgan fingerprint density at radius 3 is 2.89 bits per heavy atom. The second-order valence-electron chi connectivity index (χ2n) is 5.40. The molecule has 2 N–H and O–H groups in total. The Kier molecular flexibility index (Phi) is 3.27. The molecule has 98 valence electrons. The van der Waals surface area contributed by atoms with Crippen LogP contribution < -0.4 is 10.1 Å². The van der Waals surface area contributed by atoms with Crippen molar-refractivity contribution in [1.82, 2.24) is 5.32 Å². The molecule has 0 bridgehead atoms. The summed E-state index contributed by atoms with van der Waals surface area (Å²) in [5, 5.41) is 13.1. The van der Waals surface area contributed by atoms with Gasteiger partial charge < -0.3 is 15.2 Å². The number of aryl methyl sites for hydroxylation is 1. The maximum Gasteiger partial charge on any atom is 0.124 e. The van der Waals surface area contributed by atoms with Crippen molar-refractivity contribution in [3.8, 4) is 5.75 Å². The van der Waals surface area contributed by atoms with E-state index in [0.29, 0.717) is 6.04 Å². The average Bonchev–Trinajstić information content (AvgIpc) is 2.96. The molecule has 3 unspecified atom stereocenters. The fourth-order valence-corrected chi connectivity index (χ4v) is 3.19. The molecule has 0 heterocycles. The Bertz CT molecular complexity index is 433. The molecular formula is C15H21NO2. The van der Waals surface area contributed by atoms with E-state index in [0.717, 1.165) is 31.4 Å². The van der Waals surface area contributed by atoms with Gasteiger partial charge in [-0.1, -0.05) is 6.07 Å². The van der Waals surface area contributed by atoms with E-state index in [-0.39, 0.29) is 12.2 Å². The summed E-state index contributed by atoms with van der Waals surface area (Å²) in [4.78, 5) is 0. The van der Waals surface area contributed by atoms with Crippen LogP contribution in [-0.2, 0) is 6.42 Å². The van der Waals surface area contributed by atoms with E-state index in [1.54, 1.807) is 0 Å². The highest BCUT2D eigenvalue weighted by molar-refractivity contribution is 5.40. The first-order valence-corrected chi connectivity index (χ1v) is 6.93. The Morgan fingerprint density at radius 1 is 1.28 bits per heavy atom. The maximum atomic E-state index is 9.79. The van der Waals surface area contributed by atoms with Crippen molar-refractivity contribution in [3.63, 3.8) is 0 Å². The van der Waals surface area contributed by atoms with Crippen molar-refractivity contribution < 1.29 is 9.84 Å². The highest BCUT2D eigenvalue weighted by Gasteiger charge is 2.27. The summed E-state index contributed by atoms with van der Waals surface area (Å²) in [6.07, 6.45) is 4.90. The standard InChI is InChI=1S/C15H21NO2/c1-16-13-8-5-10-9-11(6-7-12(10)13)18-15-4-2-3-14(15)17/h6-7,9,13-17H,2-5,8H2,1H3. The first-order chi connectivity index (χ1) is 8.78. The van der Waals surface area contributed by atoms with E-state index in [1.165, 1.54) is 17.5 Å². The number of hydrogen-bond donors (Lipinski definition) is 2. The van der Waals surface area contributed by atoms with Gasteiger partial charge in [0.25, 0.3) is 0 Å². The molecule has 0 saturated heterocycles. The van der Waals surface area contributed by atoms with Crippen molar-refractivity contribution in [3.05, 3.63) is 29.3 Å². The van der Waals surface area contributed by atoms with Gasteiger partial charge in [0, 0.05) is 6.04 Å². The van der Waals surface area contributed by atoms with E-state index in [4.69, 9.17) is 4.74 Å². The molecule has 1 aromatic carbocycles. The van der Waals surface area contributed by atoms with Gasteiger partial charge in [0.2, 0.25) is 0 Å². The monoisotopic (exact) mass is 247 g/mol. The summed E-state index contributed by atoms with van der Waals surface area (Å²) in [6.45, 7) is 0. The molecule has 0 aliphatic heterocycles. The van der Waals surface area contributed by atoms with E-state index in [1.807, 2.05) is 13.1 Å². The second kappa shape index (κ2) is 4.90. The Morgan fingerprint density at radius 2 is 2.17 bits per heavy atom. The molecule has 1 saturated carbocycles. The van der Waals surface area contributed by atoms with Gasteiger partial charge in [0.15, 0.2) is 0 Å². The first kappa shape index (κ1) is 12.0. The zero-order chi connectivity index (χ0) is 12.5. The smallest absolute Gasteiger partial charge is 0.124 e. The minimum atomic E-state index is -0.289. The fraction of sp³-hybridized carbons (Fsp3) is 0.600. The topological polar surface area (TPSA) is 41.5 Å². The maximum absolute atomic E-state index is 9.79. The summed E-state index contributed by atoms with van der Waals surface area (Å²) >= 11 is 0. The number of aliphatic hydroxyl groups is 1. The minimum absolute atomic E-state index is 0.00968. The molecule has 18 heavy (non-hydrogen) atoms. The normalized spacial score (nSPS) is 30.4. The third-order valence-corrected chi connectivity index (χ3v) is 4.25. The van der Waals surface area contributed by atoms with Crippen LogP contribution in [0.4, 0.5) is 0 Å². The lowest BCUT2D eigenvalue weighted by molar-refractivity contribution is 0.0603. The zero-order valence-electron chi connectivity index (χ0n) is 10.9. The predicted molar refractivity (Wildman–Crippen MR) is 70.8 cm³/mol. The number of ether oxygens (including phenoxy) is 1. The highest BCUT2D eigenvalue weighted by Crippen LogP contribution is 2.34. The largest absolute Gasteiger partial charge is 0.488 e. The van der Waals surface area contributed by atoms with E-state index < -0.39 is 0 Å². The first-order valence-electron chi connectivity index (χ1n) is 6.93. The average molecular weight is 247 g/mol. The fourth-order valence-electron chi connectivity index (χ4n) is 3.19. The molecule has 0 radical (unpaired) electrons. The molecule has 0 amide bonds. The Hall–Kier alpha value is -1.06. The second-order valence-corrected chi connectivity index (χ2v) is 5.40. The van der Waals surface area contributed by atoms with Crippen molar-refractivity contribution in [2.75, 3.05) is 7.05 Å². The summed E-state index contributed by atoms with van der Waals surface area (Å²) in [7, 11) is 2.01. The van der Waals surface area contributed by atoms with Gasteiger partial charge in [-0.3, -0.25) is 0 Å². The number of nitrogens with one attached hydrogen (secondary N) is 1. The molecule has 0 aromatic heterocycles. The van der Waals surface area contributed by atoms with E-state index in [9.17, 15) is 5.11 Å². The van der Waals surface area contributed by atoms with Crippen molar-refractivity contribution in [2.45, 2.75) is 50.4 Å². The predicted octanol–water partition coefficient (Wildman–Crippen LogP) is 2.19.